The number of hydrogen-bond acceptors (Lipinski definition) is 3. The highest BCUT2D eigenvalue weighted by molar-refractivity contribution is 7.89. The van der Waals surface area contributed by atoms with E-state index in [1.54, 1.807) is 24.3 Å². The van der Waals surface area contributed by atoms with Crippen molar-refractivity contribution in [2.75, 3.05) is 6.54 Å². The number of benzene rings is 1. The van der Waals surface area contributed by atoms with Crippen molar-refractivity contribution in [1.82, 2.24) is 10.0 Å². The fourth-order valence-corrected chi connectivity index (χ4v) is 3.94. The van der Waals surface area contributed by atoms with Crippen LogP contribution in [0.3, 0.4) is 0 Å². The summed E-state index contributed by atoms with van der Waals surface area (Å²) in [6.07, 6.45) is 4.69. The van der Waals surface area contributed by atoms with E-state index < -0.39 is 10.0 Å². The van der Waals surface area contributed by atoms with Gasteiger partial charge in [0, 0.05) is 19.0 Å². The number of hydrogen-bond donors (Lipinski definition) is 2. The second-order valence-electron chi connectivity index (χ2n) is 6.40. The van der Waals surface area contributed by atoms with Gasteiger partial charge in [-0.25, -0.2) is 13.1 Å². The van der Waals surface area contributed by atoms with Crippen LogP contribution in [0.1, 0.15) is 44.6 Å². The second kappa shape index (κ2) is 7.93. The molecular weight excluding hydrogens is 312 g/mol. The molecule has 0 aromatic heterocycles. The molecule has 5 nitrogen and oxygen atoms in total. The summed E-state index contributed by atoms with van der Waals surface area (Å²) in [6, 6.07) is 6.88. The molecule has 0 heterocycles. The van der Waals surface area contributed by atoms with E-state index in [-0.39, 0.29) is 29.8 Å². The molecule has 1 aromatic carbocycles. The lowest BCUT2D eigenvalue weighted by Crippen LogP contribution is -2.42. The average molecular weight is 338 g/mol. The van der Waals surface area contributed by atoms with Crippen molar-refractivity contribution < 1.29 is 13.2 Å². The highest BCUT2D eigenvalue weighted by Crippen LogP contribution is 2.23. The van der Waals surface area contributed by atoms with Crippen LogP contribution in [-0.2, 0) is 14.8 Å². The Balaban J connectivity index is 1.79. The van der Waals surface area contributed by atoms with Gasteiger partial charge in [-0.15, -0.1) is 0 Å². The van der Waals surface area contributed by atoms with Crippen LogP contribution in [0.25, 0.3) is 0 Å². The van der Waals surface area contributed by atoms with Gasteiger partial charge in [-0.3, -0.25) is 4.79 Å². The largest absolute Gasteiger partial charge is 0.353 e. The van der Waals surface area contributed by atoms with Crippen LogP contribution in [-0.4, -0.2) is 26.9 Å². The second-order valence-corrected chi connectivity index (χ2v) is 8.16. The van der Waals surface area contributed by atoms with Gasteiger partial charge in [-0.2, -0.15) is 0 Å². The van der Waals surface area contributed by atoms with Crippen molar-refractivity contribution in [1.29, 1.82) is 0 Å². The van der Waals surface area contributed by atoms with E-state index >= 15 is 0 Å². The van der Waals surface area contributed by atoms with Gasteiger partial charge in [0.2, 0.25) is 15.9 Å². The van der Waals surface area contributed by atoms with Crippen molar-refractivity contribution in [3.8, 4) is 0 Å². The molecule has 1 aliphatic carbocycles. The molecule has 0 bridgehead atoms. The molecule has 2 rings (SSSR count). The zero-order valence-corrected chi connectivity index (χ0v) is 14.7. The Hall–Kier alpha value is -1.40. The molecule has 1 amide bonds. The van der Waals surface area contributed by atoms with Gasteiger partial charge in [-0.05, 0) is 37.8 Å². The van der Waals surface area contributed by atoms with Gasteiger partial charge in [-0.1, -0.05) is 37.5 Å². The van der Waals surface area contributed by atoms with Gasteiger partial charge >= 0.3 is 0 Å². The molecule has 128 valence electrons. The first-order chi connectivity index (χ1) is 10.9. The molecule has 0 aliphatic heterocycles. The number of carbonyl (C=O) groups is 1. The Morgan fingerprint density at radius 1 is 1.17 bits per heavy atom. The first-order valence-electron chi connectivity index (χ1n) is 8.24. The van der Waals surface area contributed by atoms with E-state index in [1.807, 2.05) is 6.92 Å². The van der Waals surface area contributed by atoms with E-state index in [1.165, 1.54) is 6.42 Å². The lowest BCUT2D eigenvalue weighted by Gasteiger charge is -2.29. The predicted molar refractivity (Wildman–Crippen MR) is 90.5 cm³/mol. The number of carbonyl (C=O) groups excluding carboxylic acids is 1. The number of nitrogens with one attached hydrogen (secondary N) is 2. The maximum Gasteiger partial charge on any atom is 0.240 e. The average Bonchev–Trinajstić information content (AvgIpc) is 2.50. The molecule has 0 unspecified atom stereocenters. The lowest BCUT2D eigenvalue weighted by molar-refractivity contribution is -0.122. The number of amides is 1. The molecule has 2 atom stereocenters. The van der Waals surface area contributed by atoms with Crippen LogP contribution in [0.2, 0.25) is 0 Å². The summed E-state index contributed by atoms with van der Waals surface area (Å²) in [5, 5.41) is 3.03. The maximum atomic E-state index is 12.1. The molecule has 0 saturated heterocycles. The molecule has 1 fully saturated rings. The third kappa shape index (κ3) is 5.32. The van der Waals surface area contributed by atoms with Crippen molar-refractivity contribution in [3.05, 3.63) is 29.8 Å². The highest BCUT2D eigenvalue weighted by Gasteiger charge is 2.22. The molecule has 1 aromatic rings. The molecule has 1 aliphatic rings. The molecule has 0 spiro atoms. The molecule has 2 N–H and O–H groups in total. The van der Waals surface area contributed by atoms with Gasteiger partial charge in [0.1, 0.15) is 0 Å². The Morgan fingerprint density at radius 3 is 2.48 bits per heavy atom. The summed E-state index contributed by atoms with van der Waals surface area (Å²) in [5.74, 6) is 0.410. The first kappa shape index (κ1) is 17.9. The minimum absolute atomic E-state index is 0.0876. The number of sulfonamides is 1. The Kier molecular flexibility index (Phi) is 6.18. The fourth-order valence-electron chi connectivity index (χ4n) is 2.91. The Labute approximate surface area is 138 Å². The van der Waals surface area contributed by atoms with E-state index in [0.717, 1.165) is 24.8 Å². The summed E-state index contributed by atoms with van der Waals surface area (Å²) in [7, 11) is -3.55. The molecule has 1 saturated carbocycles. The summed E-state index contributed by atoms with van der Waals surface area (Å²) >= 11 is 0. The number of rotatable bonds is 6. The van der Waals surface area contributed by atoms with Crippen LogP contribution < -0.4 is 10.0 Å². The van der Waals surface area contributed by atoms with E-state index in [0.29, 0.717) is 5.92 Å². The quantitative estimate of drug-likeness (QED) is 0.836. The number of aryl methyl sites for hydroxylation is 1. The fraction of sp³-hybridized carbons (Fsp3) is 0.588. The van der Waals surface area contributed by atoms with Crippen molar-refractivity contribution in [2.45, 2.75) is 56.9 Å². The lowest BCUT2D eigenvalue weighted by atomic mass is 9.86. The molecule has 0 radical (unpaired) electrons. The predicted octanol–water partition coefficient (Wildman–Crippen LogP) is 2.36. The van der Waals surface area contributed by atoms with E-state index in [9.17, 15) is 13.2 Å². The van der Waals surface area contributed by atoms with E-state index in [2.05, 4.69) is 17.0 Å². The SMILES string of the molecule is Cc1ccc(S(=O)(=O)NCCC(=O)N[C@@H]2CCCC[C@@H]2C)cc1. The van der Waals surface area contributed by atoms with Crippen molar-refractivity contribution >= 4 is 15.9 Å². The van der Waals surface area contributed by atoms with Crippen LogP contribution in [0.4, 0.5) is 0 Å². The third-order valence-electron chi connectivity index (χ3n) is 4.43. The Morgan fingerprint density at radius 2 is 1.83 bits per heavy atom. The highest BCUT2D eigenvalue weighted by atomic mass is 32.2. The van der Waals surface area contributed by atoms with Crippen LogP contribution in [0.15, 0.2) is 29.2 Å². The minimum atomic E-state index is -3.55. The van der Waals surface area contributed by atoms with Crippen molar-refractivity contribution in [3.63, 3.8) is 0 Å². The molecular formula is C17H26N2O3S. The minimum Gasteiger partial charge on any atom is -0.353 e. The van der Waals surface area contributed by atoms with Gasteiger partial charge in [0.25, 0.3) is 0 Å². The smallest absolute Gasteiger partial charge is 0.240 e. The standard InChI is InChI=1S/C17H26N2O3S/c1-13-7-9-15(10-8-13)23(21,22)18-12-11-17(20)19-16-6-4-3-5-14(16)2/h7-10,14,16,18H,3-6,11-12H2,1-2H3,(H,19,20)/t14-,16+/m0/s1. The zero-order chi connectivity index (χ0) is 16.9. The van der Waals surface area contributed by atoms with Crippen LogP contribution >= 0.6 is 0 Å². The maximum absolute atomic E-state index is 12.1. The monoisotopic (exact) mass is 338 g/mol. The normalized spacial score (nSPS) is 21.8. The van der Waals surface area contributed by atoms with Gasteiger partial charge in [0.15, 0.2) is 0 Å². The van der Waals surface area contributed by atoms with Crippen LogP contribution in [0.5, 0.6) is 0 Å². The van der Waals surface area contributed by atoms with Gasteiger partial charge < -0.3 is 5.32 Å². The summed E-state index contributed by atoms with van der Waals surface area (Å²) in [4.78, 5) is 12.2. The van der Waals surface area contributed by atoms with Crippen LogP contribution in [0, 0.1) is 12.8 Å². The topological polar surface area (TPSA) is 75.3 Å². The first-order valence-corrected chi connectivity index (χ1v) is 9.72. The summed E-state index contributed by atoms with van der Waals surface area (Å²) in [6.45, 7) is 4.17. The summed E-state index contributed by atoms with van der Waals surface area (Å²) in [5.41, 5.74) is 1.00. The Bertz CT molecular complexity index is 626. The van der Waals surface area contributed by atoms with Crippen molar-refractivity contribution in [2.24, 2.45) is 5.92 Å². The molecule has 23 heavy (non-hydrogen) atoms. The zero-order valence-electron chi connectivity index (χ0n) is 13.8. The van der Waals surface area contributed by atoms with Gasteiger partial charge in [0.05, 0.1) is 4.90 Å². The molecule has 6 heteroatoms. The third-order valence-corrected chi connectivity index (χ3v) is 5.91. The van der Waals surface area contributed by atoms with E-state index in [4.69, 9.17) is 0 Å². The summed E-state index contributed by atoms with van der Waals surface area (Å²) < 4.78 is 26.7.